The van der Waals surface area contributed by atoms with Crippen molar-refractivity contribution in [3.05, 3.63) is 53.7 Å². The van der Waals surface area contributed by atoms with Crippen molar-refractivity contribution in [1.29, 1.82) is 0 Å². The number of ketones is 1. The highest BCUT2D eigenvalue weighted by molar-refractivity contribution is 7.99. The summed E-state index contributed by atoms with van der Waals surface area (Å²) in [5.74, 6) is -4.47. The number of Topliss-reactive ketones (excluding diaryl/α,β-unsaturated/α-hetero) is 1. The lowest BCUT2D eigenvalue weighted by Gasteiger charge is -2.09. The zero-order valence-corrected chi connectivity index (χ0v) is 14.4. The largest absolute Gasteiger partial charge is 0.452 e. The Balaban J connectivity index is 1.96. The number of hydrogen-bond acceptors (Lipinski definition) is 6. The number of pyridine rings is 1. The Bertz CT molecular complexity index is 830. The number of benzene rings is 1. The van der Waals surface area contributed by atoms with Crippen molar-refractivity contribution in [2.75, 3.05) is 11.9 Å². The van der Waals surface area contributed by atoms with E-state index in [-0.39, 0.29) is 28.1 Å². The molecule has 1 amide bonds. The Morgan fingerprint density at radius 1 is 1.23 bits per heavy atom. The van der Waals surface area contributed by atoms with Gasteiger partial charge in [0.25, 0.3) is 11.7 Å². The lowest BCUT2D eigenvalue weighted by atomic mass is 10.1. The summed E-state index contributed by atoms with van der Waals surface area (Å²) in [5, 5.41) is 2.30. The maximum absolute atomic E-state index is 12.5. The van der Waals surface area contributed by atoms with Crippen LogP contribution in [0.2, 0.25) is 0 Å². The summed E-state index contributed by atoms with van der Waals surface area (Å²) in [5.41, 5.74) is 0.641. The molecule has 1 aromatic heterocycles. The number of rotatable bonds is 7. The molecule has 136 valence electrons. The van der Waals surface area contributed by atoms with E-state index in [2.05, 4.69) is 10.3 Å². The van der Waals surface area contributed by atoms with E-state index in [0.717, 1.165) is 0 Å². The molecule has 1 heterocycles. The average Bonchev–Trinajstić information content (AvgIpc) is 2.60. The molecule has 2 rings (SSSR count). The minimum absolute atomic E-state index is 0.117. The molecule has 0 aliphatic heterocycles. The number of alkyl halides is 2. The van der Waals surface area contributed by atoms with Crippen LogP contribution in [0.4, 0.5) is 14.5 Å². The van der Waals surface area contributed by atoms with Crippen LogP contribution < -0.4 is 5.32 Å². The highest BCUT2D eigenvalue weighted by atomic mass is 32.2. The number of ether oxygens (including phenoxy) is 1. The number of nitrogens with one attached hydrogen (secondary N) is 1. The van der Waals surface area contributed by atoms with E-state index in [1.54, 1.807) is 18.2 Å². The van der Waals surface area contributed by atoms with E-state index in [0.29, 0.717) is 11.3 Å². The Labute approximate surface area is 151 Å². The van der Waals surface area contributed by atoms with Gasteiger partial charge in [-0.3, -0.25) is 9.59 Å². The van der Waals surface area contributed by atoms with Gasteiger partial charge in [0.1, 0.15) is 5.03 Å². The fourth-order valence-electron chi connectivity index (χ4n) is 1.95. The molecule has 0 atom stereocenters. The lowest BCUT2D eigenvalue weighted by Crippen LogP contribution is -2.21. The number of carbonyl (C=O) groups excluding carboxylic acids is 3. The van der Waals surface area contributed by atoms with E-state index >= 15 is 0 Å². The molecule has 0 saturated heterocycles. The first-order valence-corrected chi connectivity index (χ1v) is 8.22. The Kier molecular flexibility index (Phi) is 6.79. The van der Waals surface area contributed by atoms with Gasteiger partial charge in [0.15, 0.2) is 12.4 Å². The fraction of sp³-hybridized carbons (Fsp3) is 0.176. The summed E-state index contributed by atoms with van der Waals surface area (Å²) < 4.78 is 29.8. The van der Waals surface area contributed by atoms with Crippen molar-refractivity contribution in [1.82, 2.24) is 4.98 Å². The van der Waals surface area contributed by atoms with Crippen LogP contribution in [0.1, 0.15) is 27.6 Å². The quantitative estimate of drug-likeness (QED) is 0.450. The second-order valence-electron chi connectivity index (χ2n) is 5.00. The fourth-order valence-corrected chi connectivity index (χ4v) is 2.52. The number of hydrogen-bond donors (Lipinski definition) is 1. The normalized spacial score (nSPS) is 10.5. The first-order valence-electron chi connectivity index (χ1n) is 7.34. The molecule has 26 heavy (non-hydrogen) atoms. The monoisotopic (exact) mass is 380 g/mol. The van der Waals surface area contributed by atoms with Gasteiger partial charge in [0.2, 0.25) is 0 Å². The number of nitrogens with zero attached hydrogens (tertiary/aromatic N) is 1. The molecule has 0 unspecified atom stereocenters. The predicted molar refractivity (Wildman–Crippen MR) is 91.5 cm³/mol. The summed E-state index contributed by atoms with van der Waals surface area (Å²) >= 11 is 0.117. The Morgan fingerprint density at radius 2 is 2.00 bits per heavy atom. The van der Waals surface area contributed by atoms with Gasteiger partial charge in [0.05, 0.1) is 5.56 Å². The molecule has 2 aromatic rings. The molecular formula is C17H14F2N2O4S. The van der Waals surface area contributed by atoms with Crippen LogP contribution in [-0.4, -0.2) is 35.0 Å². The number of thioether (sulfide) groups is 1. The molecule has 0 aliphatic rings. The molecule has 1 aromatic carbocycles. The van der Waals surface area contributed by atoms with Gasteiger partial charge in [-0.1, -0.05) is 12.1 Å². The highest BCUT2D eigenvalue weighted by Gasteiger charge is 2.18. The van der Waals surface area contributed by atoms with Crippen LogP contribution >= 0.6 is 11.8 Å². The topological polar surface area (TPSA) is 85.4 Å². The van der Waals surface area contributed by atoms with Crippen LogP contribution in [-0.2, 0) is 9.53 Å². The third-order valence-corrected chi connectivity index (χ3v) is 3.81. The molecule has 1 N–H and O–H groups in total. The third-order valence-electron chi connectivity index (χ3n) is 3.08. The van der Waals surface area contributed by atoms with Crippen LogP contribution in [0.15, 0.2) is 47.6 Å². The van der Waals surface area contributed by atoms with Crippen molar-refractivity contribution in [2.24, 2.45) is 0 Å². The second kappa shape index (κ2) is 9.04. The van der Waals surface area contributed by atoms with E-state index in [1.807, 2.05) is 0 Å². The first kappa shape index (κ1) is 19.5. The molecule has 6 nitrogen and oxygen atoms in total. The van der Waals surface area contributed by atoms with Crippen molar-refractivity contribution < 1.29 is 27.9 Å². The zero-order chi connectivity index (χ0) is 19.1. The third kappa shape index (κ3) is 5.62. The standard InChI is InChI=1S/C17H14F2N2O4S/c1-10(22)11-4-2-5-12(8-11)21-14(23)9-25-16(24)13-6-3-7-20-15(13)26-17(18)19/h2-8,17H,9H2,1H3,(H,21,23). The summed E-state index contributed by atoms with van der Waals surface area (Å²) in [6.07, 6.45) is 1.27. The minimum Gasteiger partial charge on any atom is -0.452 e. The zero-order valence-electron chi connectivity index (χ0n) is 13.6. The van der Waals surface area contributed by atoms with E-state index in [4.69, 9.17) is 4.74 Å². The smallest absolute Gasteiger partial charge is 0.341 e. The summed E-state index contributed by atoms with van der Waals surface area (Å²) in [6.45, 7) is 0.780. The van der Waals surface area contributed by atoms with Crippen LogP contribution in [0, 0.1) is 0 Å². The maximum Gasteiger partial charge on any atom is 0.341 e. The van der Waals surface area contributed by atoms with Crippen molar-refractivity contribution >= 4 is 35.1 Å². The van der Waals surface area contributed by atoms with Crippen LogP contribution in [0.5, 0.6) is 0 Å². The molecule has 0 bridgehead atoms. The first-order chi connectivity index (χ1) is 12.4. The summed E-state index contributed by atoms with van der Waals surface area (Å²) in [4.78, 5) is 38.9. The van der Waals surface area contributed by atoms with E-state index in [1.165, 1.54) is 31.3 Å². The SMILES string of the molecule is CC(=O)c1cccc(NC(=O)COC(=O)c2cccnc2SC(F)F)c1. The number of aromatic nitrogens is 1. The molecule has 0 spiro atoms. The van der Waals surface area contributed by atoms with Gasteiger partial charge in [0, 0.05) is 17.4 Å². The van der Waals surface area contributed by atoms with Gasteiger partial charge in [-0.25, -0.2) is 9.78 Å². The Morgan fingerprint density at radius 3 is 2.69 bits per heavy atom. The molecule has 0 saturated carbocycles. The van der Waals surface area contributed by atoms with E-state index in [9.17, 15) is 23.2 Å². The minimum atomic E-state index is -2.74. The number of carbonyl (C=O) groups is 3. The van der Waals surface area contributed by atoms with Crippen LogP contribution in [0.25, 0.3) is 0 Å². The Hall–Kier alpha value is -2.81. The molecular weight excluding hydrogens is 366 g/mol. The molecule has 0 fully saturated rings. The van der Waals surface area contributed by atoms with Crippen molar-refractivity contribution in [3.63, 3.8) is 0 Å². The maximum atomic E-state index is 12.5. The van der Waals surface area contributed by atoms with Gasteiger partial charge in [-0.15, -0.1) is 0 Å². The molecule has 9 heteroatoms. The second-order valence-corrected chi connectivity index (χ2v) is 5.97. The number of amides is 1. The lowest BCUT2D eigenvalue weighted by molar-refractivity contribution is -0.119. The highest BCUT2D eigenvalue weighted by Crippen LogP contribution is 2.26. The number of esters is 1. The number of anilines is 1. The van der Waals surface area contributed by atoms with Gasteiger partial charge in [-0.2, -0.15) is 8.78 Å². The molecule has 0 aliphatic carbocycles. The summed E-state index contributed by atoms with van der Waals surface area (Å²) in [7, 11) is 0. The van der Waals surface area contributed by atoms with Crippen molar-refractivity contribution in [2.45, 2.75) is 17.7 Å². The van der Waals surface area contributed by atoms with Gasteiger partial charge >= 0.3 is 5.97 Å². The van der Waals surface area contributed by atoms with Gasteiger partial charge < -0.3 is 10.1 Å². The molecule has 0 radical (unpaired) electrons. The van der Waals surface area contributed by atoms with E-state index < -0.39 is 24.2 Å². The number of halogens is 2. The van der Waals surface area contributed by atoms with Crippen LogP contribution in [0.3, 0.4) is 0 Å². The van der Waals surface area contributed by atoms with Gasteiger partial charge in [-0.05, 0) is 43.0 Å². The predicted octanol–water partition coefficient (Wildman–Crippen LogP) is 3.39. The average molecular weight is 380 g/mol. The summed E-state index contributed by atoms with van der Waals surface area (Å²) in [6, 6.07) is 8.95. The van der Waals surface area contributed by atoms with Crippen molar-refractivity contribution in [3.8, 4) is 0 Å².